The van der Waals surface area contributed by atoms with Crippen molar-refractivity contribution in [2.45, 2.75) is 19.4 Å². The summed E-state index contributed by atoms with van der Waals surface area (Å²) in [6.07, 6.45) is 0.847. The first-order chi connectivity index (χ1) is 17.6. The number of ether oxygens (including phenoxy) is 2. The third-order valence-corrected chi connectivity index (χ3v) is 6.85. The number of benzene rings is 3. The molecule has 36 heavy (non-hydrogen) atoms. The lowest BCUT2D eigenvalue weighted by Crippen LogP contribution is -2.38. The van der Waals surface area contributed by atoms with Gasteiger partial charge in [-0.2, -0.15) is 0 Å². The first-order valence-corrected chi connectivity index (χ1v) is 12.7. The van der Waals surface area contributed by atoms with E-state index in [4.69, 9.17) is 15.2 Å². The van der Waals surface area contributed by atoms with E-state index in [0.29, 0.717) is 24.4 Å². The number of carbonyl (C=O) groups is 1. The van der Waals surface area contributed by atoms with Crippen molar-refractivity contribution in [1.82, 2.24) is 4.90 Å². The van der Waals surface area contributed by atoms with Crippen molar-refractivity contribution in [3.05, 3.63) is 72.3 Å². The van der Waals surface area contributed by atoms with Gasteiger partial charge in [0.2, 0.25) is 0 Å². The van der Waals surface area contributed by atoms with E-state index in [1.165, 1.54) is 0 Å². The number of para-hydroxylation sites is 3. The van der Waals surface area contributed by atoms with Crippen LogP contribution in [0.4, 0.5) is 17.1 Å². The molecule has 2 aliphatic rings. The summed E-state index contributed by atoms with van der Waals surface area (Å²) in [5.74, 6) is 0.694. The first kappa shape index (κ1) is 24.2. The van der Waals surface area contributed by atoms with Gasteiger partial charge in [0.1, 0.15) is 12.4 Å². The largest absolute Gasteiger partial charge is 0.492 e. The minimum atomic E-state index is -0.0660. The number of anilines is 3. The number of morpholine rings is 1. The SMILES string of the molecule is C[C@H]1CCN(C(=O)c2cc(N)ccc2-c2ccccc2OCCN2CCOCC2)c2ccccc2N1. The highest BCUT2D eigenvalue weighted by molar-refractivity contribution is 6.12. The van der Waals surface area contributed by atoms with Gasteiger partial charge in [0.05, 0.1) is 24.6 Å². The molecule has 7 nitrogen and oxygen atoms in total. The van der Waals surface area contributed by atoms with Gasteiger partial charge in [-0.05, 0) is 49.2 Å². The molecule has 0 spiro atoms. The van der Waals surface area contributed by atoms with Gasteiger partial charge >= 0.3 is 0 Å². The van der Waals surface area contributed by atoms with Crippen LogP contribution in [-0.2, 0) is 4.74 Å². The van der Waals surface area contributed by atoms with Gasteiger partial charge in [-0.25, -0.2) is 0 Å². The molecule has 1 fully saturated rings. The van der Waals surface area contributed by atoms with E-state index in [1.807, 2.05) is 65.6 Å². The zero-order valence-corrected chi connectivity index (χ0v) is 20.8. The highest BCUT2D eigenvalue weighted by Gasteiger charge is 2.27. The second-order valence-electron chi connectivity index (χ2n) is 9.41. The Balaban J connectivity index is 1.45. The average Bonchev–Trinajstić information content (AvgIpc) is 3.07. The van der Waals surface area contributed by atoms with Crippen molar-refractivity contribution >= 4 is 23.0 Å². The third-order valence-electron chi connectivity index (χ3n) is 6.85. The standard InChI is InChI=1S/C29H34N4O3/c1-21-12-13-33(27-8-4-3-7-26(27)31-21)29(34)25-20-22(30)10-11-23(25)24-6-2-5-9-28(24)36-19-16-32-14-17-35-18-15-32/h2-11,20-21,31H,12-19,30H2,1H3/t21-/m0/s1. The Hall–Kier alpha value is -3.55. The Morgan fingerprint density at radius 2 is 1.81 bits per heavy atom. The molecule has 1 atom stereocenters. The molecule has 0 unspecified atom stereocenters. The van der Waals surface area contributed by atoms with Crippen molar-refractivity contribution < 1.29 is 14.3 Å². The van der Waals surface area contributed by atoms with E-state index in [-0.39, 0.29) is 11.9 Å². The Labute approximate surface area is 212 Å². The number of rotatable bonds is 6. The summed E-state index contributed by atoms with van der Waals surface area (Å²) in [5.41, 5.74) is 10.9. The second kappa shape index (κ2) is 11.0. The predicted molar refractivity (Wildman–Crippen MR) is 145 cm³/mol. The Morgan fingerprint density at radius 1 is 1.03 bits per heavy atom. The lowest BCUT2D eigenvalue weighted by atomic mass is 9.97. The quantitative estimate of drug-likeness (QED) is 0.500. The van der Waals surface area contributed by atoms with Crippen LogP contribution in [0.3, 0.4) is 0 Å². The van der Waals surface area contributed by atoms with Gasteiger partial charge < -0.3 is 25.4 Å². The maximum Gasteiger partial charge on any atom is 0.259 e. The Morgan fingerprint density at radius 3 is 2.67 bits per heavy atom. The molecular formula is C29H34N4O3. The van der Waals surface area contributed by atoms with Crippen molar-refractivity contribution in [3.8, 4) is 16.9 Å². The van der Waals surface area contributed by atoms with Crippen molar-refractivity contribution in [2.24, 2.45) is 0 Å². The number of hydrogen-bond acceptors (Lipinski definition) is 6. The average molecular weight is 487 g/mol. The van der Waals surface area contributed by atoms with E-state index in [1.54, 1.807) is 6.07 Å². The molecule has 188 valence electrons. The van der Waals surface area contributed by atoms with Crippen LogP contribution in [0.1, 0.15) is 23.7 Å². The van der Waals surface area contributed by atoms with Crippen LogP contribution in [0.2, 0.25) is 0 Å². The number of carbonyl (C=O) groups excluding carboxylic acids is 1. The molecule has 3 N–H and O–H groups in total. The molecule has 3 aromatic carbocycles. The Kier molecular flexibility index (Phi) is 7.39. The maximum atomic E-state index is 14.1. The van der Waals surface area contributed by atoms with E-state index >= 15 is 0 Å². The second-order valence-corrected chi connectivity index (χ2v) is 9.41. The number of amides is 1. The zero-order valence-electron chi connectivity index (χ0n) is 20.8. The number of nitrogens with one attached hydrogen (secondary N) is 1. The fourth-order valence-corrected chi connectivity index (χ4v) is 4.87. The van der Waals surface area contributed by atoms with Crippen LogP contribution < -0.4 is 20.7 Å². The van der Waals surface area contributed by atoms with Gasteiger partial charge in [0.15, 0.2) is 0 Å². The van der Waals surface area contributed by atoms with Crippen molar-refractivity contribution in [2.75, 3.05) is 62.0 Å². The van der Waals surface area contributed by atoms with Gasteiger partial charge in [0.25, 0.3) is 5.91 Å². The molecule has 5 rings (SSSR count). The molecule has 2 aliphatic heterocycles. The lowest BCUT2D eigenvalue weighted by molar-refractivity contribution is 0.0323. The maximum absolute atomic E-state index is 14.1. The fraction of sp³-hybridized carbons (Fsp3) is 0.345. The molecule has 7 heteroatoms. The topological polar surface area (TPSA) is 80.1 Å². The van der Waals surface area contributed by atoms with Crippen LogP contribution in [0, 0.1) is 0 Å². The number of hydrogen-bond donors (Lipinski definition) is 2. The number of nitrogens with zero attached hydrogens (tertiary/aromatic N) is 2. The van der Waals surface area contributed by atoms with Crippen LogP contribution in [-0.4, -0.2) is 62.8 Å². The van der Waals surface area contributed by atoms with Crippen LogP contribution in [0.5, 0.6) is 5.75 Å². The highest BCUT2D eigenvalue weighted by Crippen LogP contribution is 2.36. The number of nitrogens with two attached hydrogens (primary N) is 1. The van der Waals surface area contributed by atoms with Gasteiger partial charge in [-0.15, -0.1) is 0 Å². The number of nitrogen functional groups attached to an aromatic ring is 1. The predicted octanol–water partition coefficient (Wildman–Crippen LogP) is 4.50. The monoisotopic (exact) mass is 486 g/mol. The number of fused-ring (bicyclic) bond motifs is 1. The molecular weight excluding hydrogens is 452 g/mol. The summed E-state index contributed by atoms with van der Waals surface area (Å²) in [7, 11) is 0. The summed E-state index contributed by atoms with van der Waals surface area (Å²) in [5, 5.41) is 3.53. The van der Waals surface area contributed by atoms with E-state index < -0.39 is 0 Å². The van der Waals surface area contributed by atoms with Crippen LogP contribution in [0.25, 0.3) is 11.1 Å². The smallest absolute Gasteiger partial charge is 0.259 e. The van der Waals surface area contributed by atoms with Crippen LogP contribution >= 0.6 is 0 Å². The summed E-state index contributed by atoms with van der Waals surface area (Å²) in [4.78, 5) is 18.3. The third kappa shape index (κ3) is 5.32. The minimum absolute atomic E-state index is 0.0660. The van der Waals surface area contributed by atoms with Gasteiger partial charge in [-0.3, -0.25) is 9.69 Å². The summed E-state index contributed by atoms with van der Waals surface area (Å²) >= 11 is 0. The van der Waals surface area contributed by atoms with Crippen LogP contribution in [0.15, 0.2) is 66.7 Å². The molecule has 1 amide bonds. The zero-order chi connectivity index (χ0) is 24.9. The first-order valence-electron chi connectivity index (χ1n) is 12.7. The summed E-state index contributed by atoms with van der Waals surface area (Å²) < 4.78 is 11.7. The minimum Gasteiger partial charge on any atom is -0.492 e. The fourth-order valence-electron chi connectivity index (χ4n) is 4.87. The van der Waals surface area contributed by atoms with E-state index in [9.17, 15) is 4.79 Å². The van der Waals surface area contributed by atoms with Gasteiger partial charge in [0, 0.05) is 49.0 Å². The van der Waals surface area contributed by atoms with Crippen molar-refractivity contribution in [3.63, 3.8) is 0 Å². The molecule has 3 aromatic rings. The molecule has 0 radical (unpaired) electrons. The summed E-state index contributed by atoms with van der Waals surface area (Å²) in [6.45, 7) is 7.54. The molecule has 0 aromatic heterocycles. The molecule has 0 saturated carbocycles. The van der Waals surface area contributed by atoms with Gasteiger partial charge in [-0.1, -0.05) is 36.4 Å². The molecule has 1 saturated heterocycles. The van der Waals surface area contributed by atoms with E-state index in [2.05, 4.69) is 17.1 Å². The molecule has 0 bridgehead atoms. The summed E-state index contributed by atoms with van der Waals surface area (Å²) in [6, 6.07) is 21.7. The normalized spacial score (nSPS) is 18.1. The van der Waals surface area contributed by atoms with Crippen molar-refractivity contribution in [1.29, 1.82) is 0 Å². The molecule has 0 aliphatic carbocycles. The molecule has 2 heterocycles. The Bertz CT molecular complexity index is 1210. The highest BCUT2D eigenvalue weighted by atomic mass is 16.5. The van der Waals surface area contributed by atoms with E-state index in [0.717, 1.165) is 67.5 Å². The lowest BCUT2D eigenvalue weighted by Gasteiger charge is -2.26.